The zero-order valence-corrected chi connectivity index (χ0v) is 25.7. The number of aromatic amines is 1. The number of hydrogen-bond acceptors (Lipinski definition) is 8. The number of carbonyl (C=O) groups is 2. The van der Waals surface area contributed by atoms with Gasteiger partial charge < -0.3 is 25.6 Å². The molecule has 5 rings (SSSR count). The number of H-pyrrole nitrogens is 1. The molecule has 1 aliphatic heterocycles. The molecule has 2 aromatic heterocycles. The number of benzene rings is 2. The quantitative estimate of drug-likeness (QED) is 0.165. The lowest BCUT2D eigenvalue weighted by atomic mass is 9.78. The molecule has 0 saturated carbocycles. The molecule has 232 valence electrons. The molecular weight excluding hydrogens is 582 g/mol. The molecule has 13 heteroatoms. The minimum atomic E-state index is -4.18. The van der Waals surface area contributed by atoms with Gasteiger partial charge in [0.05, 0.1) is 16.8 Å². The van der Waals surface area contributed by atoms with Crippen LogP contribution < -0.4 is 20.3 Å². The summed E-state index contributed by atoms with van der Waals surface area (Å²) in [5.74, 6) is -1.15. The monoisotopic (exact) mass is 619 g/mol. The summed E-state index contributed by atoms with van der Waals surface area (Å²) in [7, 11) is -4.18. The molecule has 1 aliphatic rings. The molecule has 44 heavy (non-hydrogen) atoms. The number of sulfonamides is 1. The topological polar surface area (TPSA) is 169 Å². The van der Waals surface area contributed by atoms with Crippen LogP contribution in [0.5, 0.6) is 0 Å². The lowest BCUT2D eigenvalue weighted by Crippen LogP contribution is -2.68. The normalized spacial score (nSPS) is 15.9. The summed E-state index contributed by atoms with van der Waals surface area (Å²) in [5, 5.41) is 16.0. The molecule has 0 spiro atoms. The number of nitrogens with zero attached hydrogens (tertiary/aromatic N) is 3. The summed E-state index contributed by atoms with van der Waals surface area (Å²) in [5.41, 5.74) is -0.0541. The van der Waals surface area contributed by atoms with Gasteiger partial charge in [0, 0.05) is 42.0 Å². The highest BCUT2D eigenvalue weighted by atomic mass is 32.2. The fourth-order valence-corrected chi connectivity index (χ4v) is 6.83. The Morgan fingerprint density at radius 3 is 2.30 bits per heavy atom. The molecule has 1 saturated heterocycles. The van der Waals surface area contributed by atoms with Gasteiger partial charge in [0.25, 0.3) is 5.91 Å². The van der Waals surface area contributed by atoms with Crippen molar-refractivity contribution in [3.63, 3.8) is 0 Å². The Morgan fingerprint density at radius 1 is 1.00 bits per heavy atom. The van der Waals surface area contributed by atoms with Gasteiger partial charge in [0.2, 0.25) is 16.0 Å². The fraction of sp³-hybridized carbons (Fsp3) is 0.355. The van der Waals surface area contributed by atoms with Crippen molar-refractivity contribution < 1.29 is 23.1 Å². The summed E-state index contributed by atoms with van der Waals surface area (Å²) in [6.07, 6.45) is 2.82. The summed E-state index contributed by atoms with van der Waals surface area (Å²) >= 11 is 0. The van der Waals surface area contributed by atoms with Crippen LogP contribution in [-0.4, -0.2) is 65.1 Å². The van der Waals surface area contributed by atoms with Gasteiger partial charge in [0.15, 0.2) is 5.65 Å². The largest absolute Gasteiger partial charge is 0.481 e. The predicted molar refractivity (Wildman–Crippen MR) is 168 cm³/mol. The third kappa shape index (κ3) is 6.84. The third-order valence-electron chi connectivity index (χ3n) is 7.97. The number of anilines is 2. The van der Waals surface area contributed by atoms with Gasteiger partial charge in [-0.25, -0.2) is 13.4 Å². The molecule has 0 radical (unpaired) electrons. The first-order chi connectivity index (χ1) is 20.8. The van der Waals surface area contributed by atoms with E-state index in [1.54, 1.807) is 57.3 Å². The van der Waals surface area contributed by atoms with E-state index in [9.17, 15) is 23.1 Å². The Labute approximate surface area is 256 Å². The van der Waals surface area contributed by atoms with Crippen molar-refractivity contribution in [1.29, 1.82) is 0 Å². The molecule has 1 unspecified atom stereocenters. The van der Waals surface area contributed by atoms with Gasteiger partial charge in [0.1, 0.15) is 5.66 Å². The van der Waals surface area contributed by atoms with E-state index in [1.165, 1.54) is 12.1 Å². The maximum Gasteiger partial charge on any atom is 0.307 e. The molecule has 1 amide bonds. The maximum atomic E-state index is 13.5. The number of hydrogen-bond donors (Lipinski definition) is 5. The van der Waals surface area contributed by atoms with Gasteiger partial charge in [-0.3, -0.25) is 9.59 Å². The van der Waals surface area contributed by atoms with Gasteiger partial charge in [-0.1, -0.05) is 39.0 Å². The zero-order chi connectivity index (χ0) is 31.5. The number of aromatic nitrogens is 3. The highest BCUT2D eigenvalue weighted by molar-refractivity contribution is 7.89. The average Bonchev–Trinajstić information content (AvgIpc) is 3.39. The van der Waals surface area contributed by atoms with Crippen molar-refractivity contribution >= 4 is 44.7 Å². The van der Waals surface area contributed by atoms with Crippen LogP contribution in [0.3, 0.4) is 0 Å². The van der Waals surface area contributed by atoms with Crippen molar-refractivity contribution in [3.05, 3.63) is 78.5 Å². The number of nitrogens with one attached hydrogen (secondary N) is 4. The van der Waals surface area contributed by atoms with Crippen molar-refractivity contribution in [2.24, 2.45) is 5.41 Å². The van der Waals surface area contributed by atoms with Crippen LogP contribution in [0.4, 0.5) is 11.6 Å². The molecule has 4 aromatic rings. The number of carboxylic acid groups (broad SMARTS) is 1. The van der Waals surface area contributed by atoms with E-state index in [2.05, 4.69) is 35.2 Å². The van der Waals surface area contributed by atoms with E-state index in [4.69, 9.17) is 0 Å². The lowest BCUT2D eigenvalue weighted by molar-refractivity contribution is -0.140. The Hall–Kier alpha value is -4.49. The Bertz CT molecular complexity index is 1700. The fourth-order valence-electron chi connectivity index (χ4n) is 5.30. The minimum Gasteiger partial charge on any atom is -0.481 e. The van der Waals surface area contributed by atoms with Gasteiger partial charge in [-0.2, -0.15) is 9.71 Å². The van der Waals surface area contributed by atoms with Gasteiger partial charge in [-0.15, -0.1) is 0 Å². The molecule has 0 bridgehead atoms. The number of imidazole rings is 1. The van der Waals surface area contributed by atoms with Crippen molar-refractivity contribution in [1.82, 2.24) is 25.0 Å². The Balaban J connectivity index is 1.26. The number of carbonyl (C=O) groups excluding carboxylic acids is 1. The Morgan fingerprint density at radius 2 is 1.68 bits per heavy atom. The highest BCUT2D eigenvalue weighted by Gasteiger charge is 2.48. The standard InChI is InChI=1S/C31H37N7O5S/c1-30(2,3)31(20-26(39)40,37-44(42,43)24-8-5-4-6-9-24)36-28(41)21-11-13-23(14-12-21)38-18-15-22(16-19-38)33-29-34-25-10-7-17-32-27(25)35-29/h4-14,17,22,37H,15-16,18-20H2,1-3H3,(H,36,41)(H,39,40)(H2,32,33,34,35). The second-order valence-corrected chi connectivity index (χ2v) is 13.7. The molecule has 3 heterocycles. The van der Waals surface area contributed by atoms with Crippen LogP contribution in [-0.2, 0) is 14.8 Å². The van der Waals surface area contributed by atoms with Gasteiger partial charge in [-0.05, 0) is 61.4 Å². The van der Waals surface area contributed by atoms with Crippen molar-refractivity contribution in [3.8, 4) is 0 Å². The van der Waals surface area contributed by atoms with E-state index in [1.807, 2.05) is 24.3 Å². The summed E-state index contributed by atoms with van der Waals surface area (Å²) < 4.78 is 29.1. The highest BCUT2D eigenvalue weighted by Crippen LogP contribution is 2.34. The number of rotatable bonds is 10. The molecule has 12 nitrogen and oxygen atoms in total. The average molecular weight is 620 g/mol. The first-order valence-corrected chi connectivity index (χ1v) is 15.9. The number of fused-ring (bicyclic) bond motifs is 1. The van der Waals surface area contributed by atoms with Crippen LogP contribution in [0.1, 0.15) is 50.4 Å². The predicted octanol–water partition coefficient (Wildman–Crippen LogP) is 3.96. The van der Waals surface area contributed by atoms with Gasteiger partial charge >= 0.3 is 5.97 Å². The molecule has 1 fully saturated rings. The van der Waals surface area contributed by atoms with Crippen molar-refractivity contribution in [2.45, 2.75) is 56.6 Å². The van der Waals surface area contributed by atoms with Crippen molar-refractivity contribution in [2.75, 3.05) is 23.3 Å². The summed E-state index contributed by atoms with van der Waals surface area (Å²) in [4.78, 5) is 39.7. The first kappa shape index (κ1) is 31.0. The van der Waals surface area contributed by atoms with Crippen LogP contribution in [0.2, 0.25) is 0 Å². The molecule has 0 aliphatic carbocycles. The lowest BCUT2D eigenvalue weighted by Gasteiger charge is -2.44. The van der Waals surface area contributed by atoms with Crippen LogP contribution >= 0.6 is 0 Å². The zero-order valence-electron chi connectivity index (χ0n) is 24.9. The van der Waals surface area contributed by atoms with Crippen LogP contribution in [0.25, 0.3) is 11.2 Å². The van der Waals surface area contributed by atoms with Crippen LogP contribution in [0.15, 0.2) is 77.8 Å². The number of pyridine rings is 1. The third-order valence-corrected chi connectivity index (χ3v) is 9.48. The van der Waals surface area contributed by atoms with E-state index in [0.717, 1.165) is 37.1 Å². The summed E-state index contributed by atoms with van der Waals surface area (Å²) in [6, 6.07) is 18.7. The number of aliphatic carboxylic acids is 1. The molecular formula is C31H37N7O5S. The molecule has 5 N–H and O–H groups in total. The molecule has 1 atom stereocenters. The van der Waals surface area contributed by atoms with E-state index >= 15 is 0 Å². The van der Waals surface area contributed by atoms with E-state index < -0.39 is 39.4 Å². The summed E-state index contributed by atoms with van der Waals surface area (Å²) in [6.45, 7) is 6.63. The van der Waals surface area contributed by atoms with E-state index in [-0.39, 0.29) is 16.5 Å². The smallest absolute Gasteiger partial charge is 0.307 e. The number of amides is 1. The number of carboxylic acids is 1. The maximum absolute atomic E-state index is 13.5. The molecule has 2 aromatic carbocycles. The SMILES string of the molecule is CC(C)(C)C(CC(=O)O)(NC(=O)c1ccc(N2CCC(Nc3nc4ncccc4[nH]3)CC2)cc1)NS(=O)(=O)c1ccccc1. The van der Waals surface area contributed by atoms with E-state index in [0.29, 0.717) is 11.6 Å². The second-order valence-electron chi connectivity index (χ2n) is 12.0. The second kappa shape index (κ2) is 12.2. The minimum absolute atomic E-state index is 0.0359. The van der Waals surface area contributed by atoms with Crippen LogP contribution in [0, 0.1) is 5.41 Å². The number of piperidine rings is 1. The Kier molecular flexibility index (Phi) is 8.62. The first-order valence-electron chi connectivity index (χ1n) is 14.4.